The number of benzene rings is 3. The molecule has 0 spiro atoms. The number of rotatable bonds is 17. The molecule has 13 heteroatoms. The highest BCUT2D eigenvalue weighted by Crippen LogP contribution is 2.48. The van der Waals surface area contributed by atoms with Crippen LogP contribution in [0.15, 0.2) is 82.6 Å². The number of amides is 2. The Morgan fingerprint density at radius 3 is 2.24 bits per heavy atom. The van der Waals surface area contributed by atoms with Gasteiger partial charge < -0.3 is 25.6 Å². The standard InChI is InChI=1S/C37H47N3O8S2/c1-4-6-14-26-22-40(19-7-5-2,28-17-12-9-13-18-28)30-20-32(49-3)31(21-33(30)50(46,47)25-26)48-24-34(42)39-35(27-15-10-8-11-16-27)36(43)38-29(23-41)37(44)45/h8-13,15-18,20-21,26,29,35,41H,4-7,14,19,22-25H2,1-3H3,(H2-,38,39,42,43,44,45)/p+1/t26?,29-,35-,40?/m1/s1. The van der Waals surface area contributed by atoms with Gasteiger partial charge >= 0.3 is 5.97 Å². The maximum atomic E-state index is 14.2. The molecule has 50 heavy (non-hydrogen) atoms. The lowest BCUT2D eigenvalue weighted by Crippen LogP contribution is -2.49. The van der Waals surface area contributed by atoms with Crippen LogP contribution in [0.25, 0.3) is 0 Å². The molecule has 270 valence electrons. The van der Waals surface area contributed by atoms with E-state index in [1.54, 1.807) is 36.4 Å². The van der Waals surface area contributed by atoms with Crippen molar-refractivity contribution in [2.75, 3.05) is 38.3 Å². The van der Waals surface area contributed by atoms with E-state index in [0.29, 0.717) is 27.2 Å². The number of carboxylic acids is 1. The SMILES string of the molecule is CCCCC1C[N+](CCCC)(c2ccccc2)c2cc(SC)c(OCC(=O)N[C@@H](C(=O)N[C@H](CO)C(=O)O)c3ccccc3)cc2S(=O)(=O)C1. The number of unbranched alkanes of at least 4 members (excludes halogenated alkanes) is 2. The Kier molecular flexibility index (Phi) is 13.9. The van der Waals surface area contributed by atoms with Crippen LogP contribution in [0.5, 0.6) is 5.75 Å². The number of aliphatic hydroxyl groups is 1. The second kappa shape index (κ2) is 17.8. The van der Waals surface area contributed by atoms with E-state index >= 15 is 0 Å². The molecule has 1 heterocycles. The molecule has 0 fully saturated rings. The minimum atomic E-state index is -3.76. The van der Waals surface area contributed by atoms with E-state index in [2.05, 4.69) is 36.6 Å². The average molecular weight is 727 g/mol. The molecule has 4 N–H and O–H groups in total. The summed E-state index contributed by atoms with van der Waals surface area (Å²) in [6.07, 6.45) is 6.39. The summed E-state index contributed by atoms with van der Waals surface area (Å²) in [5, 5.41) is 23.6. The highest BCUT2D eigenvalue weighted by Gasteiger charge is 2.45. The number of hydrogen-bond acceptors (Lipinski definition) is 8. The molecule has 1 aliphatic heterocycles. The predicted octanol–water partition coefficient (Wildman–Crippen LogP) is 5.24. The van der Waals surface area contributed by atoms with Gasteiger partial charge in [0.1, 0.15) is 28.4 Å². The quantitative estimate of drug-likeness (QED) is 0.108. The highest BCUT2D eigenvalue weighted by molar-refractivity contribution is 7.98. The van der Waals surface area contributed by atoms with E-state index in [9.17, 15) is 33.0 Å². The number of quaternary nitrogens is 1. The Morgan fingerprint density at radius 2 is 1.64 bits per heavy atom. The van der Waals surface area contributed by atoms with Gasteiger partial charge in [-0.2, -0.15) is 0 Å². The van der Waals surface area contributed by atoms with Crippen molar-refractivity contribution in [3.8, 4) is 5.75 Å². The van der Waals surface area contributed by atoms with Crippen LogP contribution in [-0.4, -0.2) is 80.8 Å². The Bertz CT molecular complexity index is 1720. The van der Waals surface area contributed by atoms with Crippen LogP contribution < -0.4 is 19.9 Å². The molecule has 2 unspecified atom stereocenters. The molecule has 4 atom stereocenters. The van der Waals surface area contributed by atoms with E-state index in [1.807, 2.05) is 30.5 Å². The Hall–Kier alpha value is -3.91. The zero-order chi connectivity index (χ0) is 36.3. The maximum Gasteiger partial charge on any atom is 0.328 e. The van der Waals surface area contributed by atoms with Gasteiger partial charge in [-0.15, -0.1) is 11.8 Å². The first kappa shape index (κ1) is 38.9. The third-order valence-electron chi connectivity index (χ3n) is 9.03. The number of hydrogen-bond donors (Lipinski definition) is 4. The lowest BCUT2D eigenvalue weighted by Gasteiger charge is -2.39. The molecule has 3 aromatic rings. The number of carbonyl (C=O) groups is 3. The fraction of sp³-hybridized carbons (Fsp3) is 0.432. The van der Waals surface area contributed by atoms with Gasteiger partial charge in [0, 0.05) is 18.1 Å². The van der Waals surface area contributed by atoms with Gasteiger partial charge in [-0.3, -0.25) is 14.1 Å². The van der Waals surface area contributed by atoms with Crippen molar-refractivity contribution in [2.45, 2.75) is 67.8 Å². The molecule has 1 aliphatic rings. The summed E-state index contributed by atoms with van der Waals surface area (Å²) in [5.41, 5.74) is 2.11. The molecule has 4 rings (SSSR count). The Balaban J connectivity index is 1.71. The number of carboxylic acid groups (broad SMARTS) is 1. The van der Waals surface area contributed by atoms with Gasteiger partial charge in [0.15, 0.2) is 22.1 Å². The van der Waals surface area contributed by atoms with E-state index in [-0.39, 0.29) is 22.3 Å². The Morgan fingerprint density at radius 1 is 0.980 bits per heavy atom. The summed E-state index contributed by atoms with van der Waals surface area (Å²) in [6, 6.07) is 19.0. The third-order valence-corrected chi connectivity index (χ3v) is 11.7. The van der Waals surface area contributed by atoms with Crippen molar-refractivity contribution >= 4 is 50.8 Å². The minimum absolute atomic E-state index is 0.0105. The van der Waals surface area contributed by atoms with Crippen molar-refractivity contribution in [1.82, 2.24) is 15.1 Å². The van der Waals surface area contributed by atoms with Crippen LogP contribution in [0, 0.1) is 5.92 Å². The topological polar surface area (TPSA) is 159 Å². The van der Waals surface area contributed by atoms with E-state index in [0.717, 1.165) is 44.3 Å². The number of aliphatic carboxylic acids is 1. The van der Waals surface area contributed by atoms with E-state index in [4.69, 9.17) is 4.74 Å². The highest BCUT2D eigenvalue weighted by atomic mass is 32.2. The molecular formula is C37H48N3O8S2+. The fourth-order valence-electron chi connectivity index (χ4n) is 6.50. The summed E-state index contributed by atoms with van der Waals surface area (Å²) in [5.74, 6) is -2.76. The minimum Gasteiger partial charge on any atom is -0.483 e. The van der Waals surface area contributed by atoms with Gasteiger partial charge in [-0.1, -0.05) is 81.6 Å². The monoisotopic (exact) mass is 726 g/mol. The lowest BCUT2D eigenvalue weighted by molar-refractivity contribution is -0.143. The zero-order valence-corrected chi connectivity index (χ0v) is 30.5. The zero-order valence-electron chi connectivity index (χ0n) is 28.8. The summed E-state index contributed by atoms with van der Waals surface area (Å²) in [7, 11) is -3.76. The van der Waals surface area contributed by atoms with Crippen molar-refractivity contribution in [2.24, 2.45) is 5.92 Å². The van der Waals surface area contributed by atoms with Crippen molar-refractivity contribution in [3.05, 3.63) is 78.4 Å². The summed E-state index contributed by atoms with van der Waals surface area (Å²) in [6.45, 7) is 4.24. The van der Waals surface area contributed by atoms with Crippen LogP contribution in [-0.2, 0) is 24.2 Å². The second-order valence-electron chi connectivity index (χ2n) is 12.6. The Labute approximate surface area is 298 Å². The number of fused-ring (bicyclic) bond motifs is 1. The van der Waals surface area contributed by atoms with Gasteiger partial charge in [-0.05, 0) is 36.8 Å². The van der Waals surface area contributed by atoms with Gasteiger partial charge in [-0.25, -0.2) is 13.2 Å². The number of aliphatic hydroxyl groups excluding tert-OH is 1. The van der Waals surface area contributed by atoms with Crippen LogP contribution >= 0.6 is 11.8 Å². The van der Waals surface area contributed by atoms with Gasteiger partial charge in [0.05, 0.1) is 30.3 Å². The van der Waals surface area contributed by atoms with Crippen molar-refractivity contribution in [3.63, 3.8) is 0 Å². The maximum absolute atomic E-state index is 14.2. The number of sulfone groups is 1. The molecule has 0 radical (unpaired) electrons. The molecule has 2 amide bonds. The number of carbonyl (C=O) groups excluding carboxylic acids is 2. The molecule has 0 aromatic heterocycles. The third kappa shape index (κ3) is 9.25. The second-order valence-corrected chi connectivity index (χ2v) is 15.5. The van der Waals surface area contributed by atoms with E-state index < -0.39 is 52.9 Å². The fourth-order valence-corrected chi connectivity index (χ4v) is 8.96. The number of para-hydroxylation sites is 1. The van der Waals surface area contributed by atoms with Crippen molar-refractivity contribution < 1.29 is 37.8 Å². The van der Waals surface area contributed by atoms with Gasteiger partial charge in [0.2, 0.25) is 5.91 Å². The molecule has 0 saturated heterocycles. The molecule has 0 aliphatic carbocycles. The normalized spacial score (nSPS) is 19.3. The average Bonchev–Trinajstić information content (AvgIpc) is 3.21. The van der Waals surface area contributed by atoms with Crippen LogP contribution in [0.2, 0.25) is 0 Å². The van der Waals surface area contributed by atoms with Crippen LogP contribution in [0.1, 0.15) is 57.6 Å². The summed E-state index contributed by atoms with van der Waals surface area (Å²) in [4.78, 5) is 38.7. The number of nitrogens with zero attached hydrogens (tertiary/aromatic N) is 1. The molecular weight excluding hydrogens is 679 g/mol. The first-order chi connectivity index (χ1) is 24.0. The molecule has 11 nitrogen and oxygen atoms in total. The molecule has 0 saturated carbocycles. The number of nitrogens with one attached hydrogen (secondary N) is 2. The van der Waals surface area contributed by atoms with Crippen molar-refractivity contribution in [1.29, 1.82) is 0 Å². The lowest BCUT2D eigenvalue weighted by atomic mass is 9.99. The first-order valence-corrected chi connectivity index (χ1v) is 19.9. The largest absolute Gasteiger partial charge is 0.483 e. The smallest absolute Gasteiger partial charge is 0.328 e. The number of ether oxygens (including phenoxy) is 1. The first-order valence-electron chi connectivity index (χ1n) is 17.0. The summed E-state index contributed by atoms with van der Waals surface area (Å²) >= 11 is 1.38. The number of thioether (sulfide) groups is 1. The van der Waals surface area contributed by atoms with Gasteiger partial charge in [0.25, 0.3) is 5.91 Å². The predicted molar refractivity (Wildman–Crippen MR) is 195 cm³/mol. The molecule has 3 aromatic carbocycles. The molecule has 0 bridgehead atoms. The van der Waals surface area contributed by atoms with Crippen LogP contribution in [0.4, 0.5) is 11.4 Å². The van der Waals surface area contributed by atoms with E-state index in [1.165, 1.54) is 11.8 Å². The summed E-state index contributed by atoms with van der Waals surface area (Å²) < 4.78 is 34.9. The van der Waals surface area contributed by atoms with Crippen LogP contribution in [0.3, 0.4) is 0 Å².